The largest absolute Gasteiger partial charge is 0.247 e. The summed E-state index contributed by atoms with van der Waals surface area (Å²) in [5, 5.41) is 3.67. The number of hydrogen-bond donors (Lipinski definition) is 0. The summed E-state index contributed by atoms with van der Waals surface area (Å²) in [5.41, 5.74) is 8.55. The van der Waals surface area contributed by atoms with Crippen LogP contribution < -0.4 is 16.4 Å². The van der Waals surface area contributed by atoms with E-state index in [1.165, 1.54) is 41.5 Å². The van der Waals surface area contributed by atoms with Crippen molar-refractivity contribution in [2.45, 2.75) is 45.8 Å². The first-order chi connectivity index (χ1) is 24.0. The topological polar surface area (TPSA) is 0 Å². The van der Waals surface area contributed by atoms with Gasteiger partial charge < -0.3 is 0 Å². The van der Waals surface area contributed by atoms with Gasteiger partial charge in [-0.3, -0.25) is 0 Å². The van der Waals surface area contributed by atoms with Gasteiger partial charge in [-0.2, -0.15) is 0 Å². The van der Waals surface area contributed by atoms with Gasteiger partial charge in [-0.25, -0.2) is 0 Å². The van der Waals surface area contributed by atoms with E-state index in [0.717, 1.165) is 32.7 Å². The summed E-state index contributed by atoms with van der Waals surface area (Å²) in [7, 11) is 0. The van der Waals surface area contributed by atoms with Crippen LogP contribution in [-0.4, -0.2) is 6.71 Å². The van der Waals surface area contributed by atoms with Crippen molar-refractivity contribution in [1.29, 1.82) is 0 Å². The Hall–Kier alpha value is -4.18. The molecule has 0 unspecified atom stereocenters. The molecule has 0 saturated carbocycles. The summed E-state index contributed by atoms with van der Waals surface area (Å²) in [6.07, 6.45) is 0. The van der Waals surface area contributed by atoms with Gasteiger partial charge >= 0.3 is 0 Å². The molecule has 0 atom stereocenters. The van der Waals surface area contributed by atoms with Gasteiger partial charge in [0, 0.05) is 19.6 Å². The highest BCUT2D eigenvalue weighted by Crippen LogP contribution is 2.47. The van der Waals surface area contributed by atoms with E-state index in [1.807, 2.05) is 59.9 Å². The lowest BCUT2D eigenvalue weighted by atomic mass is 9.36. The molecule has 0 bridgehead atoms. The molecule has 0 aliphatic carbocycles. The molecule has 2 heterocycles. The van der Waals surface area contributed by atoms with Gasteiger partial charge in [-0.15, -0.1) is 0 Å². The third-order valence-corrected chi connectivity index (χ3v) is 11.5. The molecule has 0 saturated heterocycles. The molecule has 0 fully saturated rings. The van der Waals surface area contributed by atoms with Gasteiger partial charge in [0.25, 0.3) is 0 Å². The molecule has 0 N–H and O–H groups in total. The van der Waals surface area contributed by atoms with E-state index in [-0.39, 0.29) is 47.9 Å². The SMILES string of the molecule is [2H]c1c([2H])c([2H])c(-c2c3ccccc3c(-c3cc4c5c(c3)Sc3ccc(C(C)(C)C)cc3B5c3ccccc3S4)c3ccccc23)c([2H])c1[2H]. The molecule has 9 rings (SSSR count). The summed E-state index contributed by atoms with van der Waals surface area (Å²) < 4.78 is 43.0. The van der Waals surface area contributed by atoms with Crippen molar-refractivity contribution >= 4 is 68.2 Å². The Morgan fingerprint density at radius 1 is 0.533 bits per heavy atom. The van der Waals surface area contributed by atoms with Gasteiger partial charge in [0.1, 0.15) is 0 Å². The Morgan fingerprint density at radius 2 is 1.07 bits per heavy atom. The maximum absolute atomic E-state index is 8.91. The van der Waals surface area contributed by atoms with Crippen molar-refractivity contribution in [3.8, 4) is 22.3 Å². The van der Waals surface area contributed by atoms with Crippen LogP contribution in [0.25, 0.3) is 43.8 Å². The monoisotopic (exact) mass is 615 g/mol. The predicted octanol–water partition coefficient (Wildman–Crippen LogP) is 10.1. The van der Waals surface area contributed by atoms with Crippen LogP contribution in [0.3, 0.4) is 0 Å². The summed E-state index contributed by atoms with van der Waals surface area (Å²) in [6, 6.07) is 35.3. The van der Waals surface area contributed by atoms with Crippen molar-refractivity contribution < 1.29 is 6.85 Å². The number of fused-ring (bicyclic) bond motifs is 6. The Morgan fingerprint density at radius 3 is 1.67 bits per heavy atom. The van der Waals surface area contributed by atoms with E-state index in [9.17, 15) is 0 Å². The lowest BCUT2D eigenvalue weighted by Crippen LogP contribution is -2.58. The molecule has 2 aliphatic rings. The Balaban J connectivity index is 1.34. The third-order valence-electron chi connectivity index (χ3n) is 9.22. The van der Waals surface area contributed by atoms with Crippen LogP contribution in [0.5, 0.6) is 0 Å². The zero-order valence-electron chi connectivity index (χ0n) is 30.2. The fourth-order valence-corrected chi connectivity index (χ4v) is 9.61. The van der Waals surface area contributed by atoms with E-state index in [2.05, 4.69) is 87.5 Å². The van der Waals surface area contributed by atoms with Crippen LogP contribution in [0.4, 0.5) is 0 Å². The molecular formula is C42H31BS2. The number of benzene rings is 7. The van der Waals surface area contributed by atoms with E-state index in [0.29, 0.717) is 5.56 Å². The van der Waals surface area contributed by atoms with Crippen LogP contribution in [0.1, 0.15) is 33.2 Å². The first-order valence-electron chi connectivity index (χ1n) is 17.8. The van der Waals surface area contributed by atoms with Crippen molar-refractivity contribution in [2.24, 2.45) is 0 Å². The molecule has 2 aliphatic heterocycles. The zero-order chi connectivity index (χ0) is 34.6. The highest BCUT2D eigenvalue weighted by Gasteiger charge is 2.39. The van der Waals surface area contributed by atoms with Gasteiger partial charge in [-0.1, -0.05) is 164 Å². The standard InChI is InChI=1S/C42H31BS2/c1-42(2,3)28-21-22-36-34(25-28)43-33-19-11-12-20-35(33)44-37-23-27(24-38(45-36)41(37)43)40-31-17-9-7-15-29(31)39(26-13-5-4-6-14-26)30-16-8-10-18-32(30)40/h4-25H,1-3H3/i4D,5D,6D,13D,14D. The highest BCUT2D eigenvalue weighted by atomic mass is 32.2. The minimum absolute atomic E-state index is 0.0407. The average Bonchev–Trinajstić information content (AvgIpc) is 3.12. The summed E-state index contributed by atoms with van der Waals surface area (Å²) in [5.74, 6) is 0. The second-order valence-corrected chi connectivity index (χ2v) is 15.1. The molecule has 3 heteroatoms. The minimum Gasteiger partial charge on any atom is -0.0911 e. The summed E-state index contributed by atoms with van der Waals surface area (Å²) in [6.45, 7) is 6.97. The first-order valence-corrected chi connectivity index (χ1v) is 16.9. The summed E-state index contributed by atoms with van der Waals surface area (Å²) in [4.78, 5) is 5.07. The molecule has 214 valence electrons. The van der Waals surface area contributed by atoms with Gasteiger partial charge in [0.15, 0.2) is 0 Å². The second kappa shape index (κ2) is 10.2. The van der Waals surface area contributed by atoms with Crippen LogP contribution in [0, 0.1) is 0 Å². The first kappa shape index (κ1) is 22.3. The fourth-order valence-electron chi connectivity index (χ4n) is 7.14. The molecule has 45 heavy (non-hydrogen) atoms. The molecule has 0 nitrogen and oxygen atoms in total. The second-order valence-electron chi connectivity index (χ2n) is 12.9. The van der Waals surface area contributed by atoms with Gasteiger partial charge in [-0.05, 0) is 84.5 Å². The Bertz CT molecular complexity index is 2510. The maximum Gasteiger partial charge on any atom is 0.247 e. The fraction of sp³-hybridized carbons (Fsp3) is 0.0952. The van der Waals surface area contributed by atoms with Crippen molar-refractivity contribution in [3.63, 3.8) is 0 Å². The van der Waals surface area contributed by atoms with E-state index < -0.39 is 0 Å². The van der Waals surface area contributed by atoms with Crippen molar-refractivity contribution in [3.05, 3.63) is 139 Å². The lowest BCUT2D eigenvalue weighted by molar-refractivity contribution is 0.590. The van der Waals surface area contributed by atoms with Crippen LogP contribution in [0.15, 0.2) is 153 Å². The van der Waals surface area contributed by atoms with Crippen LogP contribution in [-0.2, 0) is 5.41 Å². The van der Waals surface area contributed by atoms with Crippen LogP contribution in [0.2, 0.25) is 0 Å². The third kappa shape index (κ3) is 4.25. The van der Waals surface area contributed by atoms with Gasteiger partial charge in [0.05, 0.1) is 6.85 Å². The molecule has 0 spiro atoms. The van der Waals surface area contributed by atoms with Gasteiger partial charge in [0.2, 0.25) is 6.71 Å². The number of hydrogen-bond acceptors (Lipinski definition) is 2. The predicted molar refractivity (Wildman–Crippen MR) is 197 cm³/mol. The van der Waals surface area contributed by atoms with E-state index >= 15 is 0 Å². The number of rotatable bonds is 2. The zero-order valence-corrected chi connectivity index (χ0v) is 26.8. The van der Waals surface area contributed by atoms with E-state index in [4.69, 9.17) is 6.85 Å². The quantitative estimate of drug-likeness (QED) is 0.140. The maximum atomic E-state index is 8.91. The Kier molecular flexibility index (Phi) is 5.05. The molecule has 0 radical (unpaired) electrons. The Labute approximate surface area is 281 Å². The lowest BCUT2D eigenvalue weighted by Gasteiger charge is -2.34. The molecule has 7 aromatic rings. The molecule has 0 aromatic heterocycles. The van der Waals surface area contributed by atoms with Crippen LogP contribution >= 0.6 is 23.5 Å². The van der Waals surface area contributed by atoms with Crippen molar-refractivity contribution in [2.75, 3.05) is 0 Å². The summed E-state index contributed by atoms with van der Waals surface area (Å²) >= 11 is 3.69. The minimum atomic E-state index is -0.386. The molecule has 7 aromatic carbocycles. The molecule has 0 amide bonds. The van der Waals surface area contributed by atoms with Crippen molar-refractivity contribution in [1.82, 2.24) is 0 Å². The highest BCUT2D eigenvalue weighted by molar-refractivity contribution is 8.01. The average molecular weight is 616 g/mol. The normalized spacial score (nSPS) is 15.0. The molecular weight excluding hydrogens is 579 g/mol. The van der Waals surface area contributed by atoms with E-state index in [1.54, 1.807) is 0 Å². The smallest absolute Gasteiger partial charge is 0.0911 e.